The smallest absolute Gasteiger partial charge is 0.263 e. The number of benzene rings is 2. The predicted octanol–water partition coefficient (Wildman–Crippen LogP) is 5.14. The quantitative estimate of drug-likeness (QED) is 0.583. The van der Waals surface area contributed by atoms with Gasteiger partial charge in [0.1, 0.15) is 0 Å². The van der Waals surface area contributed by atoms with Gasteiger partial charge in [-0.3, -0.25) is 4.18 Å². The lowest BCUT2D eigenvalue weighted by atomic mass is 9.99. The summed E-state index contributed by atoms with van der Waals surface area (Å²) in [5, 5.41) is 0. The van der Waals surface area contributed by atoms with Crippen LogP contribution < -0.4 is 0 Å². The van der Waals surface area contributed by atoms with Crippen LogP contribution >= 0.6 is 0 Å². The van der Waals surface area contributed by atoms with Crippen LogP contribution in [0, 0.1) is 6.92 Å². The van der Waals surface area contributed by atoms with Crippen LogP contribution in [0.5, 0.6) is 0 Å². The molecule has 0 saturated carbocycles. The maximum absolute atomic E-state index is 12.6. The van der Waals surface area contributed by atoms with Crippen molar-refractivity contribution in [1.82, 2.24) is 0 Å². The Hall–Kier alpha value is -1.91. The normalized spacial score (nSPS) is 12.7. The maximum atomic E-state index is 12.6. The number of rotatable bonds is 9. The Labute approximate surface area is 151 Å². The first-order chi connectivity index (χ1) is 12.0. The lowest BCUT2D eigenvalue weighted by molar-refractivity contribution is 0.195. The molecule has 1 atom stereocenters. The van der Waals surface area contributed by atoms with Crippen molar-refractivity contribution in [3.63, 3.8) is 0 Å². The van der Waals surface area contributed by atoms with Crippen molar-refractivity contribution in [2.75, 3.05) is 0 Å². The average molecular weight is 359 g/mol. The van der Waals surface area contributed by atoms with E-state index in [1.54, 1.807) is 30.3 Å². The van der Waals surface area contributed by atoms with Crippen molar-refractivity contribution < 1.29 is 12.6 Å². The van der Waals surface area contributed by atoms with E-state index < -0.39 is 10.1 Å². The lowest BCUT2D eigenvalue weighted by Crippen LogP contribution is -2.21. The van der Waals surface area contributed by atoms with E-state index in [4.69, 9.17) is 4.18 Å². The minimum atomic E-state index is -3.77. The van der Waals surface area contributed by atoms with Crippen LogP contribution in [-0.2, 0) is 20.7 Å². The van der Waals surface area contributed by atoms with Crippen molar-refractivity contribution in [1.29, 1.82) is 0 Å². The first kappa shape index (κ1) is 19.4. The Kier molecular flexibility index (Phi) is 6.97. The third-order valence-corrected chi connectivity index (χ3v) is 5.55. The van der Waals surface area contributed by atoms with Crippen molar-refractivity contribution in [3.8, 4) is 0 Å². The molecule has 0 aromatic heterocycles. The minimum absolute atomic E-state index is 0.205. The molecule has 0 aliphatic heterocycles. The van der Waals surface area contributed by atoms with Crippen molar-refractivity contribution >= 4 is 16.2 Å². The molecular weight excluding hydrogens is 332 g/mol. The molecule has 0 spiro atoms. The first-order valence-electron chi connectivity index (χ1n) is 8.66. The van der Waals surface area contributed by atoms with Crippen molar-refractivity contribution in [2.24, 2.45) is 0 Å². The van der Waals surface area contributed by atoms with Crippen LogP contribution in [0.25, 0.3) is 6.08 Å². The molecule has 2 aromatic carbocycles. The Morgan fingerprint density at radius 2 is 1.80 bits per heavy atom. The van der Waals surface area contributed by atoms with E-state index in [1.807, 2.05) is 31.2 Å². The molecule has 0 N–H and O–H groups in total. The molecule has 0 aliphatic rings. The zero-order valence-electron chi connectivity index (χ0n) is 14.9. The van der Waals surface area contributed by atoms with Crippen LogP contribution in [0.15, 0.2) is 60.0 Å². The van der Waals surface area contributed by atoms with E-state index in [2.05, 4.69) is 13.5 Å². The Balaban J connectivity index is 2.22. The second-order valence-corrected chi connectivity index (χ2v) is 7.81. The zero-order valence-corrected chi connectivity index (χ0v) is 15.8. The summed E-state index contributed by atoms with van der Waals surface area (Å²) >= 11 is 0. The van der Waals surface area contributed by atoms with Crippen LogP contribution in [0.2, 0.25) is 0 Å². The van der Waals surface area contributed by atoms with E-state index in [1.165, 1.54) is 0 Å². The molecule has 0 aliphatic carbocycles. The van der Waals surface area contributed by atoms with Gasteiger partial charge in [-0.2, -0.15) is 8.42 Å². The Morgan fingerprint density at radius 3 is 2.44 bits per heavy atom. The van der Waals surface area contributed by atoms with Gasteiger partial charge in [0, 0.05) is 6.42 Å². The summed E-state index contributed by atoms with van der Waals surface area (Å²) in [6.07, 6.45) is 4.58. The first-order valence-corrected chi connectivity index (χ1v) is 10.1. The zero-order chi connectivity index (χ0) is 18.3. The molecule has 3 nitrogen and oxygen atoms in total. The van der Waals surface area contributed by atoms with Gasteiger partial charge in [-0.1, -0.05) is 74.4 Å². The van der Waals surface area contributed by atoms with E-state index in [0.29, 0.717) is 12.8 Å². The van der Waals surface area contributed by atoms with Gasteiger partial charge in [0.2, 0.25) is 0 Å². The van der Waals surface area contributed by atoms with Crippen molar-refractivity contribution in [2.45, 2.75) is 50.5 Å². The van der Waals surface area contributed by atoms with Gasteiger partial charge in [0.15, 0.2) is 0 Å². The van der Waals surface area contributed by atoms with Gasteiger partial charge in [-0.05, 0) is 36.6 Å². The Bertz CT molecular complexity index is 792. The summed E-state index contributed by atoms with van der Waals surface area (Å²) in [6, 6.07) is 14.6. The third-order valence-electron chi connectivity index (χ3n) is 4.17. The maximum Gasteiger partial charge on any atom is 0.297 e. The van der Waals surface area contributed by atoms with E-state index >= 15 is 0 Å². The van der Waals surface area contributed by atoms with E-state index in [9.17, 15) is 8.42 Å². The van der Waals surface area contributed by atoms with Crippen LogP contribution in [0.4, 0.5) is 0 Å². The summed E-state index contributed by atoms with van der Waals surface area (Å²) in [5.74, 6) is 0. The van der Waals surface area contributed by atoms with Crippen molar-refractivity contribution in [3.05, 3.63) is 71.8 Å². The van der Waals surface area contributed by atoms with Gasteiger partial charge in [-0.15, -0.1) is 0 Å². The van der Waals surface area contributed by atoms with Crippen LogP contribution in [0.1, 0.15) is 42.9 Å². The van der Waals surface area contributed by atoms with Gasteiger partial charge in [0.25, 0.3) is 10.1 Å². The summed E-state index contributed by atoms with van der Waals surface area (Å²) in [7, 11) is -3.77. The second kappa shape index (κ2) is 8.97. The molecule has 4 heteroatoms. The highest BCUT2D eigenvalue weighted by Crippen LogP contribution is 2.22. The monoisotopic (exact) mass is 358 g/mol. The highest BCUT2D eigenvalue weighted by atomic mass is 32.2. The molecule has 0 amide bonds. The van der Waals surface area contributed by atoms with Gasteiger partial charge < -0.3 is 0 Å². The van der Waals surface area contributed by atoms with E-state index in [0.717, 1.165) is 29.5 Å². The summed E-state index contributed by atoms with van der Waals surface area (Å²) in [6.45, 7) is 7.84. The predicted molar refractivity (Wildman–Crippen MR) is 103 cm³/mol. The highest BCUT2D eigenvalue weighted by Gasteiger charge is 2.22. The largest absolute Gasteiger partial charge is 0.297 e. The fourth-order valence-corrected chi connectivity index (χ4v) is 3.82. The van der Waals surface area contributed by atoms with Gasteiger partial charge in [-0.25, -0.2) is 0 Å². The third kappa shape index (κ3) is 5.55. The highest BCUT2D eigenvalue weighted by molar-refractivity contribution is 7.86. The topological polar surface area (TPSA) is 43.4 Å². The minimum Gasteiger partial charge on any atom is -0.263 e. The molecule has 0 fully saturated rings. The number of unbranched alkanes of at least 4 members (excludes halogenated alkanes) is 1. The van der Waals surface area contributed by atoms with Crippen LogP contribution in [0.3, 0.4) is 0 Å². The summed E-state index contributed by atoms with van der Waals surface area (Å²) in [4.78, 5) is 0.205. The fourth-order valence-electron chi connectivity index (χ4n) is 2.72. The molecule has 25 heavy (non-hydrogen) atoms. The van der Waals surface area contributed by atoms with Gasteiger partial charge in [0.05, 0.1) is 11.0 Å². The molecule has 0 heterocycles. The number of aryl methyl sites for hydroxylation is 1. The Morgan fingerprint density at radius 1 is 1.12 bits per heavy atom. The van der Waals surface area contributed by atoms with E-state index in [-0.39, 0.29) is 11.0 Å². The standard InChI is InChI=1S/C21H26O3S/c1-4-6-11-20(16-19-10-8-7-9-18(19)5-2)24-25(22,23)21-14-12-17(3)13-15-21/h5,7-10,12-15,20H,2,4,6,11,16H2,1,3H3. The molecular formula is C21H26O3S. The average Bonchev–Trinajstić information content (AvgIpc) is 2.60. The molecule has 0 bridgehead atoms. The molecule has 1 unspecified atom stereocenters. The lowest BCUT2D eigenvalue weighted by Gasteiger charge is -2.19. The number of hydrogen-bond acceptors (Lipinski definition) is 3. The molecule has 0 radical (unpaired) electrons. The van der Waals surface area contributed by atoms with Crippen LogP contribution in [-0.4, -0.2) is 14.5 Å². The second-order valence-electron chi connectivity index (χ2n) is 6.23. The van der Waals surface area contributed by atoms with Gasteiger partial charge >= 0.3 is 0 Å². The summed E-state index contributed by atoms with van der Waals surface area (Å²) in [5.41, 5.74) is 3.08. The summed E-state index contributed by atoms with van der Waals surface area (Å²) < 4.78 is 30.8. The molecule has 0 saturated heterocycles. The molecule has 2 aromatic rings. The number of hydrogen-bond donors (Lipinski definition) is 0. The SMILES string of the molecule is C=Cc1ccccc1CC(CCCC)OS(=O)(=O)c1ccc(C)cc1. The fraction of sp³-hybridized carbons (Fsp3) is 0.333. The molecule has 2 rings (SSSR count). The molecule has 134 valence electrons.